The number of ether oxygens (including phenoxy) is 1. The molecule has 0 bridgehead atoms. The van der Waals surface area contributed by atoms with Crippen molar-refractivity contribution in [1.29, 1.82) is 0 Å². The third kappa shape index (κ3) is 8.69. The molecule has 30 heavy (non-hydrogen) atoms. The Bertz CT molecular complexity index is 921. The highest BCUT2D eigenvalue weighted by Crippen LogP contribution is 2.24. The molecule has 2 aromatic rings. The fourth-order valence-corrected chi connectivity index (χ4v) is 3.46. The second kappa shape index (κ2) is 13.0. The number of nitrogens with one attached hydrogen (secondary N) is 2. The number of nitrogens with zero attached hydrogens (tertiary/aromatic N) is 1. The molecule has 0 amide bonds. The van der Waals surface area contributed by atoms with Crippen LogP contribution in [0.25, 0.3) is 0 Å². The lowest BCUT2D eigenvalue weighted by Gasteiger charge is -2.20. The van der Waals surface area contributed by atoms with Crippen LogP contribution >= 0.6 is 35.6 Å². The lowest BCUT2D eigenvalue weighted by Crippen LogP contribution is -2.43. The third-order valence-electron chi connectivity index (χ3n) is 4.36. The molecular weight excluding hydrogens is 537 g/mol. The summed E-state index contributed by atoms with van der Waals surface area (Å²) in [6.07, 6.45) is 2.73. The van der Waals surface area contributed by atoms with Crippen LogP contribution in [0.1, 0.15) is 18.9 Å². The van der Waals surface area contributed by atoms with Crippen molar-refractivity contribution in [3.8, 4) is 5.75 Å². The Labute approximate surface area is 201 Å². The van der Waals surface area contributed by atoms with E-state index in [4.69, 9.17) is 16.3 Å². The van der Waals surface area contributed by atoms with Crippen LogP contribution < -0.4 is 15.4 Å². The van der Waals surface area contributed by atoms with E-state index in [1.807, 2.05) is 30.3 Å². The first kappa shape index (κ1) is 26.5. The van der Waals surface area contributed by atoms with E-state index >= 15 is 0 Å². The van der Waals surface area contributed by atoms with E-state index in [2.05, 4.69) is 22.5 Å². The lowest BCUT2D eigenvalue weighted by molar-refractivity contribution is 0.199. The first-order valence-corrected chi connectivity index (χ1v) is 11.7. The van der Waals surface area contributed by atoms with Crippen molar-refractivity contribution >= 4 is 51.4 Å². The molecule has 0 aliphatic carbocycles. The van der Waals surface area contributed by atoms with E-state index in [1.54, 1.807) is 25.2 Å². The molecule has 0 saturated heterocycles. The standard InChI is InChI=1S/C21H28ClN3O3S.HI/c1-4-17(28-20-8-6-5-7-19(20)22)15-25-21(23-2)24-14-13-16-9-11-18(12-10-16)29(3,26)27;/h5-12,17H,4,13-15H2,1-3H3,(H2,23,24,25);1H. The van der Waals surface area contributed by atoms with Gasteiger partial charge < -0.3 is 15.4 Å². The highest BCUT2D eigenvalue weighted by atomic mass is 127. The zero-order valence-electron chi connectivity index (χ0n) is 17.4. The number of para-hydroxylation sites is 1. The van der Waals surface area contributed by atoms with Gasteiger partial charge in [0.1, 0.15) is 11.9 Å². The lowest BCUT2D eigenvalue weighted by atomic mass is 10.1. The van der Waals surface area contributed by atoms with Crippen LogP contribution in [0.15, 0.2) is 58.4 Å². The van der Waals surface area contributed by atoms with E-state index in [1.165, 1.54) is 6.26 Å². The van der Waals surface area contributed by atoms with Crippen molar-refractivity contribution in [2.24, 2.45) is 4.99 Å². The number of hydrogen-bond acceptors (Lipinski definition) is 4. The Morgan fingerprint density at radius 3 is 2.37 bits per heavy atom. The van der Waals surface area contributed by atoms with E-state index < -0.39 is 9.84 Å². The van der Waals surface area contributed by atoms with Gasteiger partial charge in [0.05, 0.1) is 16.5 Å². The van der Waals surface area contributed by atoms with E-state index in [-0.39, 0.29) is 30.1 Å². The number of aliphatic imine (C=N–C) groups is 1. The highest BCUT2D eigenvalue weighted by Gasteiger charge is 2.11. The minimum absolute atomic E-state index is 0. The van der Waals surface area contributed by atoms with Crippen molar-refractivity contribution < 1.29 is 13.2 Å². The van der Waals surface area contributed by atoms with Crippen LogP contribution in [0, 0.1) is 0 Å². The average Bonchev–Trinajstić information content (AvgIpc) is 2.70. The Morgan fingerprint density at radius 1 is 1.13 bits per heavy atom. The van der Waals surface area contributed by atoms with Gasteiger partial charge in [-0.25, -0.2) is 8.42 Å². The van der Waals surface area contributed by atoms with E-state index in [9.17, 15) is 8.42 Å². The molecule has 166 valence electrons. The van der Waals surface area contributed by atoms with Crippen LogP contribution in [-0.2, 0) is 16.3 Å². The van der Waals surface area contributed by atoms with Crippen LogP contribution in [0.3, 0.4) is 0 Å². The predicted octanol–water partition coefficient (Wildman–Crippen LogP) is 3.93. The molecule has 0 saturated carbocycles. The quantitative estimate of drug-likeness (QED) is 0.274. The summed E-state index contributed by atoms with van der Waals surface area (Å²) < 4.78 is 29.0. The number of hydrogen-bond donors (Lipinski definition) is 2. The third-order valence-corrected chi connectivity index (χ3v) is 5.80. The summed E-state index contributed by atoms with van der Waals surface area (Å²) in [5, 5.41) is 7.12. The zero-order chi connectivity index (χ0) is 21.3. The first-order valence-electron chi connectivity index (χ1n) is 9.48. The fraction of sp³-hybridized carbons (Fsp3) is 0.381. The Morgan fingerprint density at radius 2 is 1.80 bits per heavy atom. The van der Waals surface area contributed by atoms with Crippen LogP contribution in [0.4, 0.5) is 0 Å². The summed E-state index contributed by atoms with van der Waals surface area (Å²) in [5.41, 5.74) is 1.05. The van der Waals surface area contributed by atoms with Gasteiger partial charge >= 0.3 is 0 Å². The molecule has 9 heteroatoms. The molecule has 0 aliphatic heterocycles. The molecule has 0 aromatic heterocycles. The summed E-state index contributed by atoms with van der Waals surface area (Å²) in [5.74, 6) is 1.35. The molecule has 0 radical (unpaired) electrons. The minimum Gasteiger partial charge on any atom is -0.487 e. The molecule has 0 spiro atoms. The summed E-state index contributed by atoms with van der Waals surface area (Å²) >= 11 is 6.16. The average molecular weight is 566 g/mol. The number of benzene rings is 2. The molecular formula is C21H29ClIN3O3S. The molecule has 6 nitrogen and oxygen atoms in total. The van der Waals surface area contributed by atoms with Crippen molar-refractivity contribution in [2.45, 2.75) is 30.8 Å². The highest BCUT2D eigenvalue weighted by molar-refractivity contribution is 14.0. The number of sulfone groups is 1. The number of guanidine groups is 1. The number of halogens is 2. The van der Waals surface area contributed by atoms with Crippen molar-refractivity contribution in [2.75, 3.05) is 26.4 Å². The van der Waals surface area contributed by atoms with Gasteiger partial charge in [-0.1, -0.05) is 42.8 Å². The van der Waals surface area contributed by atoms with Gasteiger partial charge in [-0.3, -0.25) is 4.99 Å². The van der Waals surface area contributed by atoms with Crippen molar-refractivity contribution in [3.05, 3.63) is 59.1 Å². The molecule has 0 aliphatic rings. The Balaban J connectivity index is 0.00000450. The summed E-state index contributed by atoms with van der Waals surface area (Å²) in [4.78, 5) is 4.56. The van der Waals surface area contributed by atoms with Gasteiger partial charge in [0.25, 0.3) is 0 Å². The zero-order valence-corrected chi connectivity index (χ0v) is 21.3. The fourth-order valence-electron chi connectivity index (χ4n) is 2.65. The Kier molecular flexibility index (Phi) is 11.5. The van der Waals surface area contributed by atoms with Gasteiger partial charge in [0, 0.05) is 19.8 Å². The molecule has 1 atom stereocenters. The number of rotatable bonds is 9. The maximum atomic E-state index is 11.5. The smallest absolute Gasteiger partial charge is 0.191 e. The first-order chi connectivity index (χ1) is 13.8. The molecule has 2 rings (SSSR count). The monoisotopic (exact) mass is 565 g/mol. The maximum Gasteiger partial charge on any atom is 0.191 e. The SMILES string of the molecule is CCC(CNC(=NC)NCCc1ccc(S(C)(=O)=O)cc1)Oc1ccccc1Cl.I. The van der Waals surface area contributed by atoms with Gasteiger partial charge in [-0.05, 0) is 42.7 Å². The van der Waals surface area contributed by atoms with Crippen LogP contribution in [0.5, 0.6) is 5.75 Å². The van der Waals surface area contributed by atoms with Crippen LogP contribution in [-0.4, -0.2) is 46.9 Å². The molecule has 2 aromatic carbocycles. The van der Waals surface area contributed by atoms with Gasteiger partial charge in [0.15, 0.2) is 15.8 Å². The van der Waals surface area contributed by atoms with E-state index in [0.29, 0.717) is 34.7 Å². The maximum absolute atomic E-state index is 11.5. The summed E-state index contributed by atoms with van der Waals surface area (Å²) in [6, 6.07) is 14.4. The van der Waals surface area contributed by atoms with Gasteiger partial charge in [0.2, 0.25) is 0 Å². The Hall–Kier alpha value is -1.52. The largest absolute Gasteiger partial charge is 0.487 e. The predicted molar refractivity (Wildman–Crippen MR) is 134 cm³/mol. The molecule has 0 heterocycles. The normalized spacial score (nSPS) is 12.6. The second-order valence-electron chi connectivity index (χ2n) is 6.62. The summed E-state index contributed by atoms with van der Waals surface area (Å²) in [7, 11) is -1.45. The van der Waals surface area contributed by atoms with Gasteiger partial charge in [-0.2, -0.15) is 0 Å². The summed E-state index contributed by atoms with van der Waals surface area (Å²) in [6.45, 7) is 3.31. The second-order valence-corrected chi connectivity index (χ2v) is 9.05. The van der Waals surface area contributed by atoms with Crippen LogP contribution in [0.2, 0.25) is 5.02 Å². The molecule has 1 unspecified atom stereocenters. The molecule has 0 fully saturated rings. The van der Waals surface area contributed by atoms with Gasteiger partial charge in [-0.15, -0.1) is 24.0 Å². The topological polar surface area (TPSA) is 79.8 Å². The van der Waals surface area contributed by atoms with E-state index in [0.717, 1.165) is 18.4 Å². The van der Waals surface area contributed by atoms with Crippen molar-refractivity contribution in [1.82, 2.24) is 10.6 Å². The minimum atomic E-state index is -3.17. The molecule has 2 N–H and O–H groups in total. The van der Waals surface area contributed by atoms with Crippen molar-refractivity contribution in [3.63, 3.8) is 0 Å².